The molecule has 0 spiro atoms. The highest BCUT2D eigenvalue weighted by Crippen LogP contribution is 2.24. The molecule has 1 heterocycles. The van der Waals surface area contributed by atoms with Crippen molar-refractivity contribution < 1.29 is 0 Å². The van der Waals surface area contributed by atoms with Gasteiger partial charge in [-0.05, 0) is 0 Å². The molecule has 5 heteroatoms. The van der Waals surface area contributed by atoms with Gasteiger partial charge in [-0.3, -0.25) is 0 Å². The predicted molar refractivity (Wildman–Crippen MR) is 54.9 cm³/mol. The Morgan fingerprint density at radius 2 is 1.62 bits per heavy atom. The molecule has 0 amide bonds. The molecule has 0 N–H and O–H groups in total. The summed E-state index contributed by atoms with van der Waals surface area (Å²) in [5.41, 5.74) is 0.624. The Labute approximate surface area is 86.3 Å². The van der Waals surface area contributed by atoms with E-state index in [0.717, 1.165) is 10.8 Å². The van der Waals surface area contributed by atoms with E-state index in [1.807, 2.05) is 0 Å². The van der Waals surface area contributed by atoms with Crippen molar-refractivity contribution in [3.05, 3.63) is 28.5 Å². The van der Waals surface area contributed by atoms with Gasteiger partial charge in [-0.2, -0.15) is 0 Å². The number of hydrogen-bond donors (Lipinski definition) is 0. The summed E-state index contributed by atoms with van der Waals surface area (Å²) in [6.07, 6.45) is 0. The highest BCUT2D eigenvalue weighted by molar-refractivity contribution is 6.40. The van der Waals surface area contributed by atoms with Crippen LogP contribution >= 0.6 is 23.2 Å². The molecule has 1 aromatic carbocycles. The van der Waals surface area contributed by atoms with Crippen molar-refractivity contribution in [2.75, 3.05) is 0 Å². The van der Waals surface area contributed by atoms with Gasteiger partial charge in [0.05, 0.1) is 0 Å². The summed E-state index contributed by atoms with van der Waals surface area (Å²) in [6, 6.07) is 5.23. The zero-order chi connectivity index (χ0) is 9.42. The topological polar surface area (TPSA) is 25.8 Å². The van der Waals surface area contributed by atoms with Crippen molar-refractivity contribution >= 4 is 47.3 Å². The molecule has 0 saturated heterocycles. The lowest BCUT2D eigenvalue weighted by Crippen LogP contribution is -2.01. The van der Waals surface area contributed by atoms with Gasteiger partial charge in [-0.1, -0.05) is 46.9 Å². The Balaban J connectivity index is 2.92. The van der Waals surface area contributed by atoms with E-state index < -0.39 is 0 Å². The Hall–Kier alpha value is -0.795. The van der Waals surface area contributed by atoms with Gasteiger partial charge in [0.25, 0.3) is 0 Å². The van der Waals surface area contributed by atoms with E-state index >= 15 is 0 Å². The van der Waals surface area contributed by atoms with Crippen LogP contribution in [0.25, 0.3) is 10.8 Å². The van der Waals surface area contributed by atoms with Gasteiger partial charge < -0.3 is 0 Å². The smallest absolute Gasteiger partial charge is 0.136 e. The standard InChI is InChI=1S/C8H3BCl2N2/c9-4-1-2-5-6(3-4)8(11)13-12-7(5)10/h1-3H. The van der Waals surface area contributed by atoms with E-state index in [0.29, 0.717) is 15.8 Å². The predicted octanol–water partition coefficient (Wildman–Crippen LogP) is 1.73. The molecule has 0 saturated carbocycles. The third-order valence-electron chi connectivity index (χ3n) is 1.71. The average molecular weight is 209 g/mol. The number of aromatic nitrogens is 2. The van der Waals surface area contributed by atoms with Crippen LogP contribution in [-0.4, -0.2) is 18.0 Å². The van der Waals surface area contributed by atoms with Gasteiger partial charge in [0.1, 0.15) is 7.85 Å². The fraction of sp³-hybridized carbons (Fsp3) is 0. The largest absolute Gasteiger partial charge is 0.159 e. The second-order valence-corrected chi connectivity index (χ2v) is 3.30. The molecule has 2 radical (unpaired) electrons. The van der Waals surface area contributed by atoms with E-state index in [1.165, 1.54) is 0 Å². The molecule has 0 aliphatic carbocycles. The van der Waals surface area contributed by atoms with Crippen LogP contribution in [0.5, 0.6) is 0 Å². The van der Waals surface area contributed by atoms with Gasteiger partial charge in [-0.15, -0.1) is 10.2 Å². The minimum atomic E-state index is 0.312. The van der Waals surface area contributed by atoms with Crippen LogP contribution in [0.15, 0.2) is 18.2 Å². The van der Waals surface area contributed by atoms with Crippen LogP contribution in [0.4, 0.5) is 0 Å². The summed E-state index contributed by atoms with van der Waals surface area (Å²) >= 11 is 11.6. The molecule has 2 nitrogen and oxygen atoms in total. The molecule has 0 bridgehead atoms. The first-order chi connectivity index (χ1) is 6.18. The second kappa shape index (κ2) is 3.16. The molecule has 13 heavy (non-hydrogen) atoms. The molecule has 0 unspecified atom stereocenters. The molecular formula is C8H3BCl2N2. The first-order valence-electron chi connectivity index (χ1n) is 3.55. The maximum absolute atomic E-state index is 5.81. The first-order valence-corrected chi connectivity index (χ1v) is 4.31. The van der Waals surface area contributed by atoms with Crippen molar-refractivity contribution in [3.63, 3.8) is 0 Å². The highest BCUT2D eigenvalue weighted by atomic mass is 35.5. The summed E-state index contributed by atoms with van der Waals surface area (Å²) in [5.74, 6) is 0. The molecule has 2 rings (SSSR count). The molecule has 0 aliphatic rings. The summed E-state index contributed by atoms with van der Waals surface area (Å²) in [4.78, 5) is 0. The zero-order valence-electron chi connectivity index (χ0n) is 6.46. The Kier molecular flexibility index (Phi) is 2.14. The maximum Gasteiger partial charge on any atom is 0.159 e. The Morgan fingerprint density at radius 1 is 1.00 bits per heavy atom. The first kappa shape index (κ1) is 8.79. The summed E-state index contributed by atoms with van der Waals surface area (Å²) in [6.45, 7) is 0. The number of rotatable bonds is 0. The highest BCUT2D eigenvalue weighted by Gasteiger charge is 2.05. The van der Waals surface area contributed by atoms with Crippen molar-refractivity contribution in [2.24, 2.45) is 0 Å². The molecular weight excluding hydrogens is 206 g/mol. The van der Waals surface area contributed by atoms with Crippen molar-refractivity contribution in [1.82, 2.24) is 10.2 Å². The molecule has 62 valence electrons. The minimum absolute atomic E-state index is 0.312. The summed E-state index contributed by atoms with van der Waals surface area (Å²) < 4.78 is 0. The minimum Gasteiger partial charge on any atom is -0.136 e. The number of nitrogens with zero attached hydrogens (tertiary/aromatic N) is 2. The van der Waals surface area contributed by atoms with Gasteiger partial charge in [0, 0.05) is 10.8 Å². The summed E-state index contributed by atoms with van der Waals surface area (Å²) in [7, 11) is 5.59. The third kappa shape index (κ3) is 1.49. The molecule has 0 aliphatic heterocycles. The van der Waals surface area contributed by atoms with Crippen LogP contribution in [0, 0.1) is 0 Å². The number of fused-ring (bicyclic) bond motifs is 1. The monoisotopic (exact) mass is 208 g/mol. The Bertz CT molecular complexity index is 473. The quantitative estimate of drug-likeness (QED) is 0.617. The van der Waals surface area contributed by atoms with E-state index in [1.54, 1.807) is 18.2 Å². The van der Waals surface area contributed by atoms with Crippen molar-refractivity contribution in [1.29, 1.82) is 0 Å². The molecule has 2 aromatic rings. The lowest BCUT2D eigenvalue weighted by Gasteiger charge is -2.01. The van der Waals surface area contributed by atoms with Gasteiger partial charge in [0.2, 0.25) is 0 Å². The fourth-order valence-electron chi connectivity index (χ4n) is 1.11. The summed E-state index contributed by atoms with van der Waals surface area (Å²) in [5, 5.41) is 9.48. The van der Waals surface area contributed by atoms with Gasteiger partial charge in [0.15, 0.2) is 10.3 Å². The van der Waals surface area contributed by atoms with Gasteiger partial charge >= 0.3 is 0 Å². The van der Waals surface area contributed by atoms with Crippen LogP contribution < -0.4 is 5.46 Å². The maximum atomic E-state index is 5.81. The van der Waals surface area contributed by atoms with Crippen LogP contribution in [0.3, 0.4) is 0 Å². The average Bonchev–Trinajstić information content (AvgIpc) is 2.12. The lowest BCUT2D eigenvalue weighted by atomic mass is 9.94. The van der Waals surface area contributed by atoms with Crippen LogP contribution in [-0.2, 0) is 0 Å². The SMILES string of the molecule is [B]c1ccc2c(Cl)nnc(Cl)c2c1. The Morgan fingerprint density at radius 3 is 2.31 bits per heavy atom. The van der Waals surface area contributed by atoms with E-state index in [2.05, 4.69) is 10.2 Å². The van der Waals surface area contributed by atoms with Crippen LogP contribution in [0.2, 0.25) is 10.3 Å². The van der Waals surface area contributed by atoms with Gasteiger partial charge in [-0.25, -0.2) is 0 Å². The van der Waals surface area contributed by atoms with Crippen molar-refractivity contribution in [3.8, 4) is 0 Å². The lowest BCUT2D eigenvalue weighted by molar-refractivity contribution is 1.05. The fourth-order valence-corrected chi connectivity index (χ4v) is 1.50. The van der Waals surface area contributed by atoms with E-state index in [4.69, 9.17) is 31.0 Å². The molecule has 1 aromatic heterocycles. The van der Waals surface area contributed by atoms with E-state index in [-0.39, 0.29) is 0 Å². The number of benzene rings is 1. The molecule has 0 fully saturated rings. The second-order valence-electron chi connectivity index (χ2n) is 2.59. The van der Waals surface area contributed by atoms with E-state index in [9.17, 15) is 0 Å². The van der Waals surface area contributed by atoms with Crippen molar-refractivity contribution in [2.45, 2.75) is 0 Å². The zero-order valence-corrected chi connectivity index (χ0v) is 7.97. The number of hydrogen-bond acceptors (Lipinski definition) is 2. The molecule has 0 atom stereocenters. The van der Waals surface area contributed by atoms with Crippen LogP contribution in [0.1, 0.15) is 0 Å². The number of halogens is 2. The normalized spacial score (nSPS) is 10.6. The third-order valence-corrected chi connectivity index (χ3v) is 2.27.